The Kier molecular flexibility index (Phi) is 3.97. The summed E-state index contributed by atoms with van der Waals surface area (Å²) in [5.41, 5.74) is 0.757. The normalized spacial score (nSPS) is 10.3. The monoisotopic (exact) mass is 403 g/mol. The molecule has 142 valence electrons. The molecule has 0 radical (unpaired) electrons. The summed E-state index contributed by atoms with van der Waals surface area (Å²) in [6.45, 7) is 22.9. The van der Waals surface area contributed by atoms with E-state index >= 15 is 0 Å². The number of hydrogen-bond donors (Lipinski definition) is 0. The standard InChI is InChI=1S/C27H9N5/c1-30-23-12-22-20-10-16(13-28)17(14-29)11-21(20)24-18-7-5-4-6-15(18)8-9-19(24)25(22)27(32-3)26(23)31-2/h4-12H. The molecule has 0 bridgehead atoms. The first-order chi connectivity index (χ1) is 15.7. The average molecular weight is 403 g/mol. The zero-order chi connectivity index (χ0) is 22.4. The van der Waals surface area contributed by atoms with Gasteiger partial charge >= 0.3 is 0 Å². The highest BCUT2D eigenvalue weighted by Gasteiger charge is 2.21. The molecule has 0 fully saturated rings. The van der Waals surface area contributed by atoms with Gasteiger partial charge in [-0.05, 0) is 55.2 Å². The maximum Gasteiger partial charge on any atom is 0.201 e. The lowest BCUT2D eigenvalue weighted by atomic mass is 9.88. The Labute approximate surface area is 183 Å². The van der Waals surface area contributed by atoms with Crippen LogP contribution in [0.25, 0.3) is 57.6 Å². The maximum atomic E-state index is 9.63. The number of hydrogen-bond acceptors (Lipinski definition) is 2. The van der Waals surface area contributed by atoms with E-state index in [-0.39, 0.29) is 28.2 Å². The molecule has 0 saturated carbocycles. The van der Waals surface area contributed by atoms with Crippen molar-refractivity contribution in [2.45, 2.75) is 0 Å². The number of rotatable bonds is 0. The van der Waals surface area contributed by atoms with Crippen molar-refractivity contribution >= 4 is 60.2 Å². The van der Waals surface area contributed by atoms with Gasteiger partial charge in [0.15, 0.2) is 11.4 Å². The Morgan fingerprint density at radius 1 is 0.594 bits per heavy atom. The predicted octanol–water partition coefficient (Wildman–Crippen LogP) is 7.70. The van der Waals surface area contributed by atoms with E-state index in [0.29, 0.717) is 16.2 Å². The summed E-state index contributed by atoms with van der Waals surface area (Å²) in [5.74, 6) is 0. The fourth-order valence-electron chi connectivity index (χ4n) is 4.42. The van der Waals surface area contributed by atoms with E-state index in [1.165, 1.54) is 0 Å². The Bertz CT molecular complexity index is 1870. The van der Waals surface area contributed by atoms with Crippen molar-refractivity contribution in [3.05, 3.63) is 100.0 Å². The first-order valence-electron chi connectivity index (χ1n) is 9.51. The fraction of sp³-hybridized carbons (Fsp3) is 0. The number of fused-ring (bicyclic) bond motifs is 8. The topological polar surface area (TPSA) is 60.7 Å². The van der Waals surface area contributed by atoms with Crippen molar-refractivity contribution < 1.29 is 0 Å². The summed E-state index contributed by atoms with van der Waals surface area (Å²) < 4.78 is 0. The molecule has 0 aromatic heterocycles. The molecule has 0 aliphatic heterocycles. The highest BCUT2D eigenvalue weighted by Crippen LogP contribution is 2.50. The van der Waals surface area contributed by atoms with Crippen LogP contribution in [0.5, 0.6) is 0 Å². The summed E-state index contributed by atoms with van der Waals surface area (Å²) in [4.78, 5) is 10.7. The van der Waals surface area contributed by atoms with E-state index < -0.39 is 0 Å². The van der Waals surface area contributed by atoms with Crippen LogP contribution in [-0.2, 0) is 0 Å². The van der Waals surface area contributed by atoms with E-state index in [1.54, 1.807) is 18.2 Å². The van der Waals surface area contributed by atoms with E-state index in [9.17, 15) is 10.5 Å². The number of benzene rings is 5. The molecule has 0 atom stereocenters. The highest BCUT2D eigenvalue weighted by molar-refractivity contribution is 6.35. The van der Waals surface area contributed by atoms with Crippen LogP contribution in [0, 0.1) is 42.4 Å². The molecule has 5 aromatic carbocycles. The lowest BCUT2D eigenvalue weighted by Gasteiger charge is -2.16. The molecule has 0 amide bonds. The molecule has 0 saturated heterocycles. The molecule has 0 spiro atoms. The zero-order valence-electron chi connectivity index (χ0n) is 16.4. The summed E-state index contributed by atoms with van der Waals surface area (Å²) in [6, 6.07) is 20.9. The van der Waals surface area contributed by atoms with Gasteiger partial charge in [-0.15, -0.1) is 0 Å². The van der Waals surface area contributed by atoms with Crippen LogP contribution in [0.15, 0.2) is 54.6 Å². The molecule has 0 unspecified atom stereocenters. The van der Waals surface area contributed by atoms with E-state index in [4.69, 9.17) is 19.7 Å². The lowest BCUT2D eigenvalue weighted by Crippen LogP contribution is -1.90. The van der Waals surface area contributed by atoms with Gasteiger partial charge in [0.2, 0.25) is 5.69 Å². The minimum absolute atomic E-state index is 0.0328. The van der Waals surface area contributed by atoms with Crippen molar-refractivity contribution in [1.82, 2.24) is 0 Å². The van der Waals surface area contributed by atoms with E-state index in [0.717, 1.165) is 26.9 Å². The smallest absolute Gasteiger partial charge is 0.201 e. The van der Waals surface area contributed by atoms with Crippen LogP contribution in [-0.4, -0.2) is 0 Å². The first-order valence-corrected chi connectivity index (χ1v) is 9.51. The van der Waals surface area contributed by atoms with Crippen molar-refractivity contribution in [1.29, 1.82) is 10.5 Å². The Morgan fingerprint density at radius 2 is 1.25 bits per heavy atom. The third kappa shape index (κ3) is 2.33. The quantitative estimate of drug-likeness (QED) is 0.196. The summed E-state index contributed by atoms with van der Waals surface area (Å²) >= 11 is 0. The Morgan fingerprint density at radius 3 is 1.91 bits per heavy atom. The molecule has 5 aromatic rings. The third-order valence-electron chi connectivity index (χ3n) is 5.75. The van der Waals surface area contributed by atoms with Crippen molar-refractivity contribution in [2.75, 3.05) is 0 Å². The number of nitriles is 2. The second kappa shape index (κ2) is 6.83. The fourth-order valence-corrected chi connectivity index (χ4v) is 4.42. The summed E-state index contributed by atoms with van der Waals surface area (Å²) in [7, 11) is 0. The van der Waals surface area contributed by atoms with Crippen LogP contribution in [0.2, 0.25) is 0 Å². The predicted molar refractivity (Wildman–Crippen MR) is 125 cm³/mol. The van der Waals surface area contributed by atoms with Gasteiger partial charge < -0.3 is 0 Å². The maximum absolute atomic E-state index is 9.63. The highest BCUT2D eigenvalue weighted by atomic mass is 14.8. The van der Waals surface area contributed by atoms with Crippen molar-refractivity contribution in [3.63, 3.8) is 0 Å². The molecule has 32 heavy (non-hydrogen) atoms. The molecule has 0 aliphatic carbocycles. The van der Waals surface area contributed by atoms with Gasteiger partial charge in [0.05, 0.1) is 30.8 Å². The van der Waals surface area contributed by atoms with Crippen molar-refractivity contribution in [2.24, 2.45) is 0 Å². The van der Waals surface area contributed by atoms with Gasteiger partial charge in [-0.1, -0.05) is 42.5 Å². The Balaban J connectivity index is 2.26. The van der Waals surface area contributed by atoms with Gasteiger partial charge in [0.25, 0.3) is 0 Å². The van der Waals surface area contributed by atoms with E-state index in [1.807, 2.05) is 36.4 Å². The van der Waals surface area contributed by atoms with Crippen molar-refractivity contribution in [3.8, 4) is 12.1 Å². The first kappa shape index (κ1) is 18.6. The number of nitrogens with zero attached hydrogens (tertiary/aromatic N) is 5. The van der Waals surface area contributed by atoms with Crippen LogP contribution >= 0.6 is 0 Å². The van der Waals surface area contributed by atoms with Crippen LogP contribution in [0.4, 0.5) is 17.1 Å². The van der Waals surface area contributed by atoms with Gasteiger partial charge in [0, 0.05) is 0 Å². The molecule has 5 nitrogen and oxygen atoms in total. The second-order valence-corrected chi connectivity index (χ2v) is 7.23. The minimum Gasteiger partial charge on any atom is -0.262 e. The van der Waals surface area contributed by atoms with Crippen LogP contribution in [0.1, 0.15) is 11.1 Å². The average Bonchev–Trinajstić information content (AvgIpc) is 2.85. The lowest BCUT2D eigenvalue weighted by molar-refractivity contribution is 1.45. The van der Waals surface area contributed by atoms with E-state index in [2.05, 4.69) is 26.7 Å². The zero-order valence-corrected chi connectivity index (χ0v) is 16.4. The largest absolute Gasteiger partial charge is 0.262 e. The molecule has 0 heterocycles. The molecular formula is C27H9N5. The molecule has 5 rings (SSSR count). The molecule has 0 aliphatic rings. The van der Waals surface area contributed by atoms with Gasteiger partial charge in [-0.2, -0.15) is 10.5 Å². The van der Waals surface area contributed by atoms with Gasteiger partial charge in [-0.3, -0.25) is 14.5 Å². The molecule has 0 N–H and O–H groups in total. The third-order valence-corrected chi connectivity index (χ3v) is 5.75. The molecule has 5 heteroatoms. The summed E-state index contributed by atoms with van der Waals surface area (Å²) in [5, 5.41) is 25.4. The second-order valence-electron chi connectivity index (χ2n) is 7.23. The van der Waals surface area contributed by atoms with Crippen LogP contribution < -0.4 is 0 Å². The van der Waals surface area contributed by atoms with Crippen LogP contribution in [0.3, 0.4) is 0 Å². The Hall–Kier alpha value is -5.41. The summed E-state index contributed by atoms with van der Waals surface area (Å²) in [6.07, 6.45) is 0. The molecular weight excluding hydrogens is 394 g/mol. The minimum atomic E-state index is 0.0328. The van der Waals surface area contributed by atoms with Gasteiger partial charge in [0.1, 0.15) is 12.1 Å². The SMILES string of the molecule is [C-]#[N+]c1cc2c3cc(C#N)c(C#N)cc3c3c4ccccc4ccc3c2c([N+]#[C-])c1[N+]#[C-]. The van der Waals surface area contributed by atoms with Gasteiger partial charge in [-0.25, -0.2) is 0 Å².